The predicted octanol–water partition coefficient (Wildman–Crippen LogP) is 6.11. The zero-order chi connectivity index (χ0) is 28.8. The van der Waals surface area contributed by atoms with Gasteiger partial charge in [-0.1, -0.05) is 61.5 Å². The molecule has 9 heteroatoms. The van der Waals surface area contributed by atoms with Gasteiger partial charge < -0.3 is 25.0 Å². The lowest BCUT2D eigenvalue weighted by atomic mass is 9.91. The molecule has 1 saturated heterocycles. The van der Waals surface area contributed by atoms with Crippen LogP contribution in [0.2, 0.25) is 0 Å². The first-order chi connectivity index (χ1) is 19.9. The number of aromatic carboxylic acids is 1. The van der Waals surface area contributed by atoms with Gasteiger partial charge in [0, 0.05) is 34.7 Å². The SMILES string of the molecule is C[C@@H]1[C@H](CSc2ncccc2C(=O)O)O[C@H](c2cccc(NC(=O)c3ccccc3)c2)O[C@@H]1c1ccc(CO)cc1. The summed E-state index contributed by atoms with van der Waals surface area (Å²) in [5.74, 6) is -0.886. The molecule has 3 N–H and O–H groups in total. The van der Waals surface area contributed by atoms with Gasteiger partial charge in [-0.05, 0) is 47.5 Å². The van der Waals surface area contributed by atoms with Crippen LogP contribution in [0.3, 0.4) is 0 Å². The smallest absolute Gasteiger partial charge is 0.338 e. The fourth-order valence-corrected chi connectivity index (χ4v) is 5.85. The second kappa shape index (κ2) is 13.1. The van der Waals surface area contributed by atoms with Crippen molar-refractivity contribution in [2.75, 3.05) is 11.1 Å². The maximum absolute atomic E-state index is 12.7. The fourth-order valence-electron chi connectivity index (χ4n) is 4.70. The number of anilines is 1. The summed E-state index contributed by atoms with van der Waals surface area (Å²) >= 11 is 1.33. The van der Waals surface area contributed by atoms with Crippen molar-refractivity contribution in [1.82, 2.24) is 4.98 Å². The average Bonchev–Trinajstić information content (AvgIpc) is 3.01. The predicted molar refractivity (Wildman–Crippen MR) is 156 cm³/mol. The van der Waals surface area contributed by atoms with E-state index in [1.807, 2.05) is 73.7 Å². The lowest BCUT2D eigenvalue weighted by molar-refractivity contribution is -0.268. The second-order valence-electron chi connectivity index (χ2n) is 9.74. The number of nitrogens with one attached hydrogen (secondary N) is 1. The molecule has 5 rings (SSSR count). The number of carbonyl (C=O) groups excluding carboxylic acids is 1. The van der Waals surface area contributed by atoms with Crippen molar-refractivity contribution in [3.8, 4) is 0 Å². The van der Waals surface area contributed by atoms with Crippen molar-refractivity contribution >= 4 is 29.3 Å². The molecule has 0 bridgehead atoms. The van der Waals surface area contributed by atoms with Crippen molar-refractivity contribution in [3.63, 3.8) is 0 Å². The van der Waals surface area contributed by atoms with E-state index in [4.69, 9.17) is 9.47 Å². The third kappa shape index (κ3) is 6.83. The summed E-state index contributed by atoms with van der Waals surface area (Å²) in [7, 11) is 0. The Labute approximate surface area is 242 Å². The van der Waals surface area contributed by atoms with Crippen LogP contribution in [0.1, 0.15) is 56.7 Å². The van der Waals surface area contributed by atoms with Crippen molar-refractivity contribution < 1.29 is 29.3 Å². The third-order valence-corrected chi connectivity index (χ3v) is 8.06. The number of hydrogen-bond donors (Lipinski definition) is 3. The molecule has 1 aliphatic rings. The summed E-state index contributed by atoms with van der Waals surface area (Å²) < 4.78 is 13.0. The van der Waals surface area contributed by atoms with E-state index in [2.05, 4.69) is 10.3 Å². The van der Waals surface area contributed by atoms with Gasteiger partial charge in [-0.15, -0.1) is 11.8 Å². The maximum Gasteiger partial charge on any atom is 0.338 e. The van der Waals surface area contributed by atoms with Crippen LogP contribution in [0.15, 0.2) is 102 Å². The molecule has 1 fully saturated rings. The number of carboxylic acid groups (broad SMARTS) is 1. The molecule has 0 saturated carbocycles. The van der Waals surface area contributed by atoms with E-state index in [9.17, 15) is 19.8 Å². The van der Waals surface area contributed by atoms with E-state index in [0.29, 0.717) is 22.0 Å². The minimum Gasteiger partial charge on any atom is -0.478 e. The molecular weight excluding hydrogens is 540 g/mol. The number of aliphatic hydroxyl groups is 1. The van der Waals surface area contributed by atoms with Crippen molar-refractivity contribution in [2.24, 2.45) is 5.92 Å². The topological polar surface area (TPSA) is 118 Å². The van der Waals surface area contributed by atoms with Crippen LogP contribution in [0.5, 0.6) is 0 Å². The molecule has 1 aliphatic heterocycles. The van der Waals surface area contributed by atoms with Gasteiger partial charge in [0.15, 0.2) is 6.29 Å². The Bertz CT molecular complexity index is 1500. The molecule has 0 radical (unpaired) electrons. The Hall–Kier alpha value is -4.02. The molecule has 2 heterocycles. The molecule has 210 valence electrons. The van der Waals surface area contributed by atoms with Gasteiger partial charge >= 0.3 is 5.97 Å². The van der Waals surface area contributed by atoms with Crippen molar-refractivity contribution in [1.29, 1.82) is 0 Å². The molecule has 4 aromatic rings. The monoisotopic (exact) mass is 570 g/mol. The van der Waals surface area contributed by atoms with Crippen molar-refractivity contribution in [2.45, 2.75) is 37.1 Å². The Kier molecular flexibility index (Phi) is 9.11. The van der Waals surface area contributed by atoms with Crippen LogP contribution in [0, 0.1) is 5.92 Å². The average molecular weight is 571 g/mol. The molecule has 0 aliphatic carbocycles. The molecular formula is C32H30N2O6S. The summed E-state index contributed by atoms with van der Waals surface area (Å²) in [5, 5.41) is 22.4. The highest BCUT2D eigenvalue weighted by atomic mass is 32.2. The minimum atomic E-state index is -1.03. The first-order valence-corrected chi connectivity index (χ1v) is 14.2. The number of carboxylic acids is 1. The highest BCUT2D eigenvalue weighted by molar-refractivity contribution is 7.99. The quantitative estimate of drug-likeness (QED) is 0.206. The van der Waals surface area contributed by atoms with Crippen LogP contribution in [-0.2, 0) is 16.1 Å². The fraction of sp³-hybridized carbons (Fsp3) is 0.219. The number of nitrogens with zero attached hydrogens (tertiary/aromatic N) is 1. The van der Waals surface area contributed by atoms with Crippen LogP contribution in [-0.4, -0.2) is 38.9 Å². The van der Waals surface area contributed by atoms with Gasteiger partial charge in [0.2, 0.25) is 0 Å². The third-order valence-electron chi connectivity index (χ3n) is 6.96. The molecule has 41 heavy (non-hydrogen) atoms. The molecule has 3 aromatic carbocycles. The van der Waals surface area contributed by atoms with Crippen molar-refractivity contribution in [3.05, 3.63) is 125 Å². The lowest BCUT2D eigenvalue weighted by Crippen LogP contribution is -2.38. The van der Waals surface area contributed by atoms with Gasteiger partial charge in [-0.25, -0.2) is 9.78 Å². The summed E-state index contributed by atoms with van der Waals surface area (Å²) in [5.41, 5.74) is 3.78. The van der Waals surface area contributed by atoms with E-state index in [1.165, 1.54) is 17.8 Å². The number of ether oxygens (including phenoxy) is 2. The molecule has 4 atom stereocenters. The van der Waals surface area contributed by atoms with Gasteiger partial charge in [-0.3, -0.25) is 4.79 Å². The first kappa shape index (κ1) is 28.5. The molecule has 1 aromatic heterocycles. The van der Waals surface area contributed by atoms with E-state index >= 15 is 0 Å². The van der Waals surface area contributed by atoms with Crippen LogP contribution >= 0.6 is 11.8 Å². The van der Waals surface area contributed by atoms with Crippen LogP contribution in [0.4, 0.5) is 5.69 Å². The Morgan fingerprint density at radius 3 is 2.44 bits per heavy atom. The number of hydrogen-bond acceptors (Lipinski definition) is 7. The molecule has 0 spiro atoms. The minimum absolute atomic E-state index is 0.0517. The summed E-state index contributed by atoms with van der Waals surface area (Å²) in [4.78, 5) is 28.7. The zero-order valence-corrected chi connectivity index (χ0v) is 23.2. The van der Waals surface area contributed by atoms with Gasteiger partial charge in [0.25, 0.3) is 5.91 Å². The maximum atomic E-state index is 12.7. The summed E-state index contributed by atoms with van der Waals surface area (Å²) in [6.07, 6.45) is 0.187. The number of aliphatic hydroxyl groups excluding tert-OH is 1. The summed E-state index contributed by atoms with van der Waals surface area (Å²) in [6, 6.07) is 27.1. The number of aromatic nitrogens is 1. The highest BCUT2D eigenvalue weighted by Gasteiger charge is 2.38. The zero-order valence-electron chi connectivity index (χ0n) is 22.3. The van der Waals surface area contributed by atoms with Gasteiger partial charge in [-0.2, -0.15) is 0 Å². The number of benzene rings is 3. The highest BCUT2D eigenvalue weighted by Crippen LogP contribution is 2.43. The number of rotatable bonds is 9. The van der Waals surface area contributed by atoms with Gasteiger partial charge in [0.1, 0.15) is 5.03 Å². The second-order valence-corrected chi connectivity index (χ2v) is 10.7. The molecule has 1 amide bonds. The number of pyridine rings is 1. The largest absolute Gasteiger partial charge is 0.478 e. The van der Waals surface area contributed by atoms with E-state index in [0.717, 1.165) is 16.7 Å². The Morgan fingerprint density at radius 2 is 1.71 bits per heavy atom. The van der Waals surface area contributed by atoms with Gasteiger partial charge in [0.05, 0.1) is 24.4 Å². The molecule has 0 unspecified atom stereocenters. The standard InChI is InChI=1S/C32H30N2O6S/c1-20-27(19-41-30-26(31(37)38)11-6-16-33-30)39-32(40-28(20)22-14-12-21(18-35)13-15-22)24-9-5-10-25(17-24)34-29(36)23-7-3-2-4-8-23/h2-17,20,27-28,32,35H,18-19H2,1H3,(H,34,36)(H,37,38)/t20-,27+,28+,32+/m1/s1. The Morgan fingerprint density at radius 1 is 0.927 bits per heavy atom. The number of thioether (sulfide) groups is 1. The summed E-state index contributed by atoms with van der Waals surface area (Å²) in [6.45, 7) is 1.99. The van der Waals surface area contributed by atoms with Crippen LogP contribution in [0.25, 0.3) is 0 Å². The lowest BCUT2D eigenvalue weighted by Gasteiger charge is -2.41. The Balaban J connectivity index is 1.40. The molecule has 8 nitrogen and oxygen atoms in total. The normalized spacial score (nSPS) is 20.3. The first-order valence-electron chi connectivity index (χ1n) is 13.2. The van der Waals surface area contributed by atoms with Crippen LogP contribution < -0.4 is 5.32 Å². The van der Waals surface area contributed by atoms with E-state index in [1.54, 1.807) is 24.4 Å². The number of carbonyl (C=O) groups is 2. The van der Waals surface area contributed by atoms with E-state index in [-0.39, 0.29) is 36.2 Å². The van der Waals surface area contributed by atoms with E-state index < -0.39 is 12.3 Å². The number of amides is 1.